The van der Waals surface area contributed by atoms with Crippen molar-refractivity contribution >= 4 is 0 Å². The predicted molar refractivity (Wildman–Crippen MR) is 72.7 cm³/mol. The van der Waals surface area contributed by atoms with Crippen LogP contribution in [0.3, 0.4) is 0 Å². The smallest absolute Gasteiger partial charge is 0.125 e. The number of likely N-dealkylation sites (N-methyl/N-ethyl adjacent to an activating group) is 1. The number of rotatable bonds is 6. The van der Waals surface area contributed by atoms with E-state index in [0.717, 1.165) is 25.4 Å². The van der Waals surface area contributed by atoms with Crippen LogP contribution in [0.2, 0.25) is 0 Å². The van der Waals surface area contributed by atoms with Crippen molar-refractivity contribution < 1.29 is 4.74 Å². The van der Waals surface area contributed by atoms with Crippen LogP contribution >= 0.6 is 0 Å². The molecule has 3 heteroatoms. The number of ether oxygens (including phenoxy) is 1. The van der Waals surface area contributed by atoms with Crippen molar-refractivity contribution in [3.63, 3.8) is 0 Å². The molecular weight excluding hydrogens is 212 g/mol. The summed E-state index contributed by atoms with van der Waals surface area (Å²) in [4.78, 5) is 2.13. The van der Waals surface area contributed by atoms with Gasteiger partial charge in [-0.05, 0) is 51.7 Å². The molecule has 0 bridgehead atoms. The van der Waals surface area contributed by atoms with Gasteiger partial charge in [0.15, 0.2) is 0 Å². The molecule has 0 spiro atoms. The average Bonchev–Trinajstić information content (AvgIpc) is 2.22. The fourth-order valence-corrected chi connectivity index (χ4v) is 1.90. The molecule has 96 valence electrons. The molecule has 0 aromatic heterocycles. The molecule has 1 aromatic rings. The second-order valence-corrected chi connectivity index (χ2v) is 4.74. The molecule has 3 nitrogen and oxygen atoms in total. The summed E-state index contributed by atoms with van der Waals surface area (Å²) >= 11 is 0. The number of nitrogens with zero attached hydrogens (tertiary/aromatic N) is 1. The summed E-state index contributed by atoms with van der Waals surface area (Å²) in [5.74, 6) is 1.03. The number of benzene rings is 1. The molecule has 0 aliphatic heterocycles. The van der Waals surface area contributed by atoms with Gasteiger partial charge in [0.25, 0.3) is 0 Å². The lowest BCUT2D eigenvalue weighted by Gasteiger charge is -2.16. The second-order valence-electron chi connectivity index (χ2n) is 4.74. The Morgan fingerprint density at radius 3 is 2.24 bits per heavy atom. The van der Waals surface area contributed by atoms with E-state index < -0.39 is 0 Å². The molecule has 0 amide bonds. The largest absolute Gasteiger partial charge is 0.492 e. The van der Waals surface area contributed by atoms with Crippen LogP contribution in [-0.2, 0) is 6.54 Å². The van der Waals surface area contributed by atoms with Gasteiger partial charge in [0.05, 0.1) is 0 Å². The van der Waals surface area contributed by atoms with Gasteiger partial charge in [0, 0.05) is 13.1 Å². The lowest BCUT2D eigenvalue weighted by molar-refractivity contribution is 0.259. The van der Waals surface area contributed by atoms with Gasteiger partial charge in [-0.1, -0.05) is 12.1 Å². The molecule has 0 saturated carbocycles. The Morgan fingerprint density at radius 2 is 1.76 bits per heavy atom. The van der Waals surface area contributed by atoms with E-state index in [1.807, 2.05) is 7.05 Å². The minimum Gasteiger partial charge on any atom is -0.492 e. The summed E-state index contributed by atoms with van der Waals surface area (Å²) in [6, 6.07) is 4.38. The van der Waals surface area contributed by atoms with Gasteiger partial charge in [-0.3, -0.25) is 0 Å². The molecule has 0 aliphatic rings. The van der Waals surface area contributed by atoms with E-state index in [4.69, 9.17) is 4.74 Å². The summed E-state index contributed by atoms with van der Waals surface area (Å²) < 4.78 is 5.85. The molecule has 0 radical (unpaired) electrons. The van der Waals surface area contributed by atoms with Crippen molar-refractivity contribution in [1.82, 2.24) is 10.2 Å². The summed E-state index contributed by atoms with van der Waals surface area (Å²) in [5.41, 5.74) is 3.74. The first-order chi connectivity index (χ1) is 8.04. The summed E-state index contributed by atoms with van der Waals surface area (Å²) in [5, 5.41) is 3.17. The maximum Gasteiger partial charge on any atom is 0.125 e. The fourth-order valence-electron chi connectivity index (χ4n) is 1.90. The number of aryl methyl sites for hydroxylation is 2. The number of nitrogens with one attached hydrogen (secondary N) is 1. The van der Waals surface area contributed by atoms with Gasteiger partial charge in [-0.2, -0.15) is 0 Å². The second kappa shape index (κ2) is 6.62. The summed E-state index contributed by atoms with van der Waals surface area (Å²) in [6.07, 6.45) is 0. The van der Waals surface area contributed by atoms with E-state index in [1.165, 1.54) is 16.7 Å². The van der Waals surface area contributed by atoms with Crippen molar-refractivity contribution in [3.8, 4) is 5.75 Å². The summed E-state index contributed by atoms with van der Waals surface area (Å²) in [6.45, 7) is 6.80. The van der Waals surface area contributed by atoms with Crippen LogP contribution in [0.25, 0.3) is 0 Å². The Morgan fingerprint density at radius 1 is 1.18 bits per heavy atom. The Bertz CT molecular complexity index is 338. The molecule has 0 heterocycles. The number of hydrogen-bond donors (Lipinski definition) is 1. The highest BCUT2D eigenvalue weighted by Crippen LogP contribution is 2.24. The highest BCUT2D eigenvalue weighted by molar-refractivity contribution is 5.43. The van der Waals surface area contributed by atoms with Gasteiger partial charge in [0.1, 0.15) is 12.4 Å². The van der Waals surface area contributed by atoms with Gasteiger partial charge < -0.3 is 15.0 Å². The Kier molecular flexibility index (Phi) is 5.45. The van der Waals surface area contributed by atoms with E-state index in [1.54, 1.807) is 0 Å². The van der Waals surface area contributed by atoms with Crippen molar-refractivity contribution in [3.05, 3.63) is 28.8 Å². The first-order valence-corrected chi connectivity index (χ1v) is 6.07. The third-order valence-corrected chi connectivity index (χ3v) is 2.69. The highest BCUT2D eigenvalue weighted by atomic mass is 16.5. The first kappa shape index (κ1) is 14.0. The third-order valence-electron chi connectivity index (χ3n) is 2.69. The molecule has 0 unspecified atom stereocenters. The molecule has 1 rings (SSSR count). The fraction of sp³-hybridized carbons (Fsp3) is 0.571. The zero-order chi connectivity index (χ0) is 12.8. The van der Waals surface area contributed by atoms with E-state index in [-0.39, 0.29) is 0 Å². The van der Waals surface area contributed by atoms with Crippen molar-refractivity contribution in [2.45, 2.75) is 20.4 Å². The molecule has 1 N–H and O–H groups in total. The monoisotopic (exact) mass is 236 g/mol. The SMILES string of the molecule is CNCc1cc(C)c(OCCN(C)C)c(C)c1. The Balaban J connectivity index is 2.72. The van der Waals surface area contributed by atoms with Crippen molar-refractivity contribution in [2.24, 2.45) is 0 Å². The van der Waals surface area contributed by atoms with Crippen LogP contribution in [0.4, 0.5) is 0 Å². The van der Waals surface area contributed by atoms with Crippen molar-refractivity contribution in [2.75, 3.05) is 34.3 Å². The van der Waals surface area contributed by atoms with E-state index in [0.29, 0.717) is 0 Å². The van der Waals surface area contributed by atoms with Crippen molar-refractivity contribution in [1.29, 1.82) is 0 Å². The zero-order valence-corrected chi connectivity index (χ0v) is 11.6. The van der Waals surface area contributed by atoms with Gasteiger partial charge >= 0.3 is 0 Å². The molecule has 1 aromatic carbocycles. The lowest BCUT2D eigenvalue weighted by atomic mass is 10.1. The van der Waals surface area contributed by atoms with E-state index in [9.17, 15) is 0 Å². The minimum absolute atomic E-state index is 0.736. The summed E-state index contributed by atoms with van der Waals surface area (Å²) in [7, 11) is 6.07. The highest BCUT2D eigenvalue weighted by Gasteiger charge is 2.06. The van der Waals surface area contributed by atoms with E-state index >= 15 is 0 Å². The maximum absolute atomic E-state index is 5.85. The molecule has 0 atom stereocenters. The molecule has 17 heavy (non-hydrogen) atoms. The minimum atomic E-state index is 0.736. The first-order valence-electron chi connectivity index (χ1n) is 6.07. The number of hydrogen-bond acceptors (Lipinski definition) is 3. The topological polar surface area (TPSA) is 24.5 Å². The standard InChI is InChI=1S/C14H24N2O/c1-11-8-13(10-15-3)9-12(2)14(11)17-7-6-16(4)5/h8-9,15H,6-7,10H2,1-5H3. The van der Waals surface area contributed by atoms with E-state index in [2.05, 4.69) is 50.3 Å². The molecular formula is C14H24N2O. The zero-order valence-electron chi connectivity index (χ0n) is 11.6. The molecule has 0 aliphatic carbocycles. The normalized spacial score (nSPS) is 10.9. The van der Waals surface area contributed by atoms with Crippen LogP contribution in [0, 0.1) is 13.8 Å². The van der Waals surface area contributed by atoms with Crippen LogP contribution in [-0.4, -0.2) is 39.2 Å². The van der Waals surface area contributed by atoms with Crippen LogP contribution < -0.4 is 10.1 Å². The quantitative estimate of drug-likeness (QED) is 0.817. The third kappa shape index (κ3) is 4.36. The van der Waals surface area contributed by atoms with Gasteiger partial charge in [-0.15, -0.1) is 0 Å². The Labute approximate surface area is 105 Å². The van der Waals surface area contributed by atoms with Gasteiger partial charge in [-0.25, -0.2) is 0 Å². The van der Waals surface area contributed by atoms with Crippen LogP contribution in [0.5, 0.6) is 5.75 Å². The maximum atomic E-state index is 5.85. The average molecular weight is 236 g/mol. The molecule has 0 fully saturated rings. The van der Waals surface area contributed by atoms with Gasteiger partial charge in [0.2, 0.25) is 0 Å². The lowest BCUT2D eigenvalue weighted by Crippen LogP contribution is -2.20. The van der Waals surface area contributed by atoms with Crippen LogP contribution in [0.1, 0.15) is 16.7 Å². The predicted octanol–water partition coefficient (Wildman–Crippen LogP) is 1.96. The van der Waals surface area contributed by atoms with Crippen LogP contribution in [0.15, 0.2) is 12.1 Å². The molecule has 0 saturated heterocycles. The Hall–Kier alpha value is -1.06.